The Balaban J connectivity index is 1.77. The van der Waals surface area contributed by atoms with E-state index in [9.17, 15) is 18.0 Å². The van der Waals surface area contributed by atoms with Crippen molar-refractivity contribution >= 4 is 11.6 Å². The van der Waals surface area contributed by atoms with E-state index in [4.69, 9.17) is 0 Å². The molecule has 0 aliphatic carbocycles. The SMILES string of the molecule is O=C(CCOCC(F)(F)F)Nc1ccc(-n2cccn2)cc1. The van der Waals surface area contributed by atoms with Crippen molar-refractivity contribution in [3.63, 3.8) is 0 Å². The van der Waals surface area contributed by atoms with E-state index in [0.717, 1.165) is 5.69 Å². The van der Waals surface area contributed by atoms with Crippen molar-refractivity contribution in [2.45, 2.75) is 12.6 Å². The van der Waals surface area contributed by atoms with Crippen LogP contribution in [0.3, 0.4) is 0 Å². The number of hydrogen-bond acceptors (Lipinski definition) is 3. The van der Waals surface area contributed by atoms with Crippen LogP contribution in [0, 0.1) is 0 Å². The van der Waals surface area contributed by atoms with E-state index < -0.39 is 18.7 Å². The first-order chi connectivity index (χ1) is 10.4. The summed E-state index contributed by atoms with van der Waals surface area (Å²) in [5.41, 5.74) is 1.38. The van der Waals surface area contributed by atoms with E-state index in [-0.39, 0.29) is 13.0 Å². The molecule has 118 valence electrons. The molecule has 8 heteroatoms. The maximum Gasteiger partial charge on any atom is 0.411 e. The normalized spacial score (nSPS) is 11.4. The maximum absolute atomic E-state index is 11.8. The third-order valence-corrected chi connectivity index (χ3v) is 2.66. The third-order valence-electron chi connectivity index (χ3n) is 2.66. The number of hydrogen-bond donors (Lipinski definition) is 1. The first kappa shape index (κ1) is 16.0. The van der Waals surface area contributed by atoms with Gasteiger partial charge in [-0.1, -0.05) is 0 Å². The van der Waals surface area contributed by atoms with E-state index in [1.807, 2.05) is 0 Å². The summed E-state index contributed by atoms with van der Waals surface area (Å²) in [7, 11) is 0. The summed E-state index contributed by atoms with van der Waals surface area (Å²) < 4.78 is 41.6. The number of nitrogens with one attached hydrogen (secondary N) is 1. The zero-order valence-electron chi connectivity index (χ0n) is 11.5. The van der Waals surface area contributed by atoms with Gasteiger partial charge in [-0.05, 0) is 30.3 Å². The molecule has 1 aromatic carbocycles. The average molecular weight is 313 g/mol. The zero-order chi connectivity index (χ0) is 16.0. The number of carbonyl (C=O) groups excluding carboxylic acids is 1. The van der Waals surface area contributed by atoms with Crippen LogP contribution in [0.1, 0.15) is 6.42 Å². The maximum atomic E-state index is 11.8. The van der Waals surface area contributed by atoms with Crippen molar-refractivity contribution in [1.82, 2.24) is 9.78 Å². The van der Waals surface area contributed by atoms with Crippen molar-refractivity contribution < 1.29 is 22.7 Å². The lowest BCUT2D eigenvalue weighted by Gasteiger charge is -2.08. The van der Waals surface area contributed by atoms with Crippen LogP contribution in [-0.4, -0.2) is 35.1 Å². The van der Waals surface area contributed by atoms with Gasteiger partial charge in [-0.3, -0.25) is 4.79 Å². The topological polar surface area (TPSA) is 56.1 Å². The smallest absolute Gasteiger partial charge is 0.372 e. The fraction of sp³-hybridized carbons (Fsp3) is 0.286. The van der Waals surface area contributed by atoms with Crippen LogP contribution in [0.5, 0.6) is 0 Å². The number of amides is 1. The lowest BCUT2D eigenvalue weighted by atomic mass is 10.2. The highest BCUT2D eigenvalue weighted by Crippen LogP contribution is 2.15. The van der Waals surface area contributed by atoms with Crippen molar-refractivity contribution in [2.75, 3.05) is 18.5 Å². The molecule has 22 heavy (non-hydrogen) atoms. The van der Waals surface area contributed by atoms with Crippen LogP contribution >= 0.6 is 0 Å². The fourth-order valence-electron chi connectivity index (χ4n) is 1.70. The number of carbonyl (C=O) groups is 1. The number of aromatic nitrogens is 2. The fourth-order valence-corrected chi connectivity index (χ4v) is 1.70. The van der Waals surface area contributed by atoms with Crippen molar-refractivity contribution in [1.29, 1.82) is 0 Å². The molecule has 1 heterocycles. The first-order valence-electron chi connectivity index (χ1n) is 6.48. The number of ether oxygens (including phenoxy) is 1. The molecule has 0 saturated heterocycles. The second-order valence-electron chi connectivity index (χ2n) is 4.46. The van der Waals surface area contributed by atoms with Crippen molar-refractivity contribution in [3.05, 3.63) is 42.7 Å². The standard InChI is InChI=1S/C14H14F3N3O2/c15-14(16,17)10-22-9-6-13(21)19-11-2-4-12(5-3-11)20-8-1-7-18-20/h1-5,7-8H,6,9-10H2,(H,19,21). The van der Waals surface area contributed by atoms with E-state index in [2.05, 4.69) is 15.2 Å². The highest BCUT2D eigenvalue weighted by molar-refractivity contribution is 5.90. The van der Waals surface area contributed by atoms with Gasteiger partial charge >= 0.3 is 6.18 Å². The van der Waals surface area contributed by atoms with Crippen LogP contribution in [-0.2, 0) is 9.53 Å². The van der Waals surface area contributed by atoms with E-state index >= 15 is 0 Å². The van der Waals surface area contributed by atoms with E-state index in [1.165, 1.54) is 0 Å². The summed E-state index contributed by atoms with van der Waals surface area (Å²) in [6.45, 7) is -1.63. The minimum atomic E-state index is -4.38. The van der Waals surface area contributed by atoms with Gasteiger partial charge < -0.3 is 10.1 Å². The quantitative estimate of drug-likeness (QED) is 0.834. The highest BCUT2D eigenvalue weighted by atomic mass is 19.4. The van der Waals surface area contributed by atoms with Gasteiger partial charge in [0.2, 0.25) is 5.91 Å². The summed E-state index contributed by atoms with van der Waals surface area (Å²) in [6.07, 6.45) is -1.09. The second kappa shape index (κ2) is 7.08. The van der Waals surface area contributed by atoms with Crippen LogP contribution in [0.2, 0.25) is 0 Å². The lowest BCUT2D eigenvalue weighted by Crippen LogP contribution is -2.20. The molecule has 0 saturated carbocycles. The van der Waals surface area contributed by atoms with Crippen LogP contribution in [0.4, 0.5) is 18.9 Å². The lowest BCUT2D eigenvalue weighted by molar-refractivity contribution is -0.174. The van der Waals surface area contributed by atoms with Crippen LogP contribution < -0.4 is 5.32 Å². The molecular formula is C14H14F3N3O2. The van der Waals surface area contributed by atoms with Gasteiger partial charge in [-0.2, -0.15) is 18.3 Å². The minimum absolute atomic E-state index is 0.142. The zero-order valence-corrected chi connectivity index (χ0v) is 11.5. The summed E-state index contributed by atoms with van der Waals surface area (Å²) in [6, 6.07) is 8.69. The molecule has 0 spiro atoms. The molecule has 0 aliphatic rings. The first-order valence-corrected chi connectivity index (χ1v) is 6.48. The number of rotatable bonds is 6. The average Bonchev–Trinajstić information content (AvgIpc) is 2.98. The Morgan fingerprint density at radius 2 is 2.00 bits per heavy atom. The molecule has 0 atom stereocenters. The molecule has 1 N–H and O–H groups in total. The summed E-state index contributed by atoms with van der Waals surface area (Å²) >= 11 is 0. The van der Waals surface area contributed by atoms with Gasteiger partial charge in [0.1, 0.15) is 6.61 Å². The van der Waals surface area contributed by atoms with Gasteiger partial charge in [-0.25, -0.2) is 4.68 Å². The monoisotopic (exact) mass is 313 g/mol. The molecule has 0 radical (unpaired) electrons. The number of anilines is 1. The largest absolute Gasteiger partial charge is 0.411 e. The number of benzene rings is 1. The van der Waals surface area contributed by atoms with Gasteiger partial charge in [-0.15, -0.1) is 0 Å². The predicted molar refractivity (Wildman–Crippen MR) is 73.7 cm³/mol. The second-order valence-corrected chi connectivity index (χ2v) is 4.46. The number of halogens is 3. The molecule has 2 rings (SSSR count). The van der Waals surface area contributed by atoms with Gasteiger partial charge in [0, 0.05) is 18.1 Å². The Kier molecular flexibility index (Phi) is 5.16. The van der Waals surface area contributed by atoms with Crippen LogP contribution in [0.15, 0.2) is 42.7 Å². The summed E-state index contributed by atoms with van der Waals surface area (Å²) in [4.78, 5) is 11.6. The Morgan fingerprint density at radius 3 is 2.59 bits per heavy atom. The van der Waals surface area contributed by atoms with Gasteiger partial charge in [0.25, 0.3) is 0 Å². The Labute approximate surface area is 124 Å². The van der Waals surface area contributed by atoms with Gasteiger partial charge in [0.05, 0.1) is 18.7 Å². The van der Waals surface area contributed by atoms with Crippen molar-refractivity contribution in [3.8, 4) is 5.69 Å². The summed E-state index contributed by atoms with van der Waals surface area (Å²) in [5.74, 6) is -0.408. The minimum Gasteiger partial charge on any atom is -0.372 e. The third kappa shape index (κ3) is 5.21. The number of nitrogens with zero attached hydrogens (tertiary/aromatic N) is 2. The Bertz CT molecular complexity index is 595. The molecule has 1 amide bonds. The van der Waals surface area contributed by atoms with Crippen molar-refractivity contribution in [2.24, 2.45) is 0 Å². The van der Waals surface area contributed by atoms with Gasteiger partial charge in [0.15, 0.2) is 0 Å². The molecular weight excluding hydrogens is 299 g/mol. The van der Waals surface area contributed by atoms with E-state index in [0.29, 0.717) is 5.69 Å². The molecule has 0 fully saturated rings. The highest BCUT2D eigenvalue weighted by Gasteiger charge is 2.27. The Hall–Kier alpha value is -2.35. The summed E-state index contributed by atoms with van der Waals surface area (Å²) in [5, 5.41) is 6.65. The molecule has 5 nitrogen and oxygen atoms in total. The Morgan fingerprint density at radius 1 is 1.27 bits per heavy atom. The molecule has 0 bridgehead atoms. The number of alkyl halides is 3. The molecule has 1 aromatic heterocycles. The molecule has 0 unspecified atom stereocenters. The molecule has 2 aromatic rings. The van der Waals surface area contributed by atoms with E-state index in [1.54, 1.807) is 47.4 Å². The predicted octanol–water partition coefficient (Wildman–Crippen LogP) is 2.78. The molecule has 0 aliphatic heterocycles. The van der Waals surface area contributed by atoms with Crippen LogP contribution in [0.25, 0.3) is 5.69 Å².